The number of pyridine rings is 2. The number of Topliss-reactive ketones (excluding diaryl/α,β-unsaturated/α-hetero) is 1. The molecule has 31 heavy (non-hydrogen) atoms. The lowest BCUT2D eigenvalue weighted by Gasteiger charge is -2.16. The molecule has 5 nitrogen and oxygen atoms in total. The van der Waals surface area contributed by atoms with Crippen molar-refractivity contribution in [3.05, 3.63) is 75.2 Å². The number of ether oxygens (including phenoxy) is 1. The van der Waals surface area contributed by atoms with Gasteiger partial charge in [0.05, 0.1) is 12.6 Å². The summed E-state index contributed by atoms with van der Waals surface area (Å²) < 4.78 is 44.1. The predicted molar refractivity (Wildman–Crippen MR) is 108 cm³/mol. The Morgan fingerprint density at radius 1 is 1.10 bits per heavy atom. The number of carbonyl (C=O) groups is 2. The van der Waals surface area contributed by atoms with Crippen LogP contribution >= 0.6 is 0 Å². The molecule has 0 N–H and O–H groups in total. The van der Waals surface area contributed by atoms with Crippen molar-refractivity contribution in [3.8, 4) is 11.1 Å². The second-order valence-corrected chi connectivity index (χ2v) is 7.56. The number of methoxy groups -OCH3 is 1. The molecule has 1 aliphatic carbocycles. The van der Waals surface area contributed by atoms with Crippen molar-refractivity contribution in [3.63, 3.8) is 0 Å². The van der Waals surface area contributed by atoms with Crippen LogP contribution in [0.5, 0.6) is 0 Å². The van der Waals surface area contributed by atoms with Crippen LogP contribution < -0.4 is 5.56 Å². The molecular formula is C23H18F3NO4. The van der Waals surface area contributed by atoms with E-state index in [2.05, 4.69) is 0 Å². The van der Waals surface area contributed by atoms with Crippen LogP contribution in [0.3, 0.4) is 0 Å². The monoisotopic (exact) mass is 429 g/mol. The molecule has 8 heteroatoms. The van der Waals surface area contributed by atoms with Gasteiger partial charge in [-0.1, -0.05) is 24.3 Å². The van der Waals surface area contributed by atoms with Crippen LogP contribution in [0.15, 0.2) is 47.4 Å². The Morgan fingerprint density at radius 3 is 2.29 bits per heavy atom. The molecule has 1 aliphatic rings. The summed E-state index contributed by atoms with van der Waals surface area (Å²) in [5.41, 5.74) is 2.66. The Balaban J connectivity index is 1.87. The molecule has 0 radical (unpaired) electrons. The molecule has 2 aromatic heterocycles. The summed E-state index contributed by atoms with van der Waals surface area (Å²) in [6, 6.07) is 8.45. The van der Waals surface area contributed by atoms with Gasteiger partial charge in [-0.25, -0.2) is 4.79 Å². The fraction of sp³-hybridized carbons (Fsp3) is 0.261. The molecule has 0 spiro atoms. The summed E-state index contributed by atoms with van der Waals surface area (Å²) in [5, 5.41) is 0. The first-order valence-corrected chi connectivity index (χ1v) is 9.62. The molecule has 0 atom stereocenters. The number of benzene rings is 1. The number of hydrogen-bond acceptors (Lipinski definition) is 4. The van der Waals surface area contributed by atoms with Crippen molar-refractivity contribution in [1.82, 2.24) is 4.40 Å². The van der Waals surface area contributed by atoms with E-state index in [-0.39, 0.29) is 11.5 Å². The number of alkyl halides is 3. The highest BCUT2D eigenvalue weighted by atomic mass is 19.4. The SMILES string of the molecule is COC(=O)c1cc(C2CC2)c2c(C)c(-c3ccc(C(=O)C(F)(F)F)cc3)ccn2c1=O. The highest BCUT2D eigenvalue weighted by Gasteiger charge is 2.39. The third-order valence-electron chi connectivity index (χ3n) is 5.55. The smallest absolute Gasteiger partial charge is 0.454 e. The van der Waals surface area contributed by atoms with E-state index in [0.717, 1.165) is 41.7 Å². The van der Waals surface area contributed by atoms with E-state index < -0.39 is 29.1 Å². The second kappa shape index (κ2) is 7.37. The number of rotatable bonds is 4. The van der Waals surface area contributed by atoms with Gasteiger partial charge in [0.15, 0.2) is 0 Å². The zero-order valence-electron chi connectivity index (χ0n) is 16.7. The first-order chi connectivity index (χ1) is 14.6. The van der Waals surface area contributed by atoms with Crippen LogP contribution in [0, 0.1) is 6.92 Å². The van der Waals surface area contributed by atoms with Gasteiger partial charge in [0.1, 0.15) is 5.56 Å². The van der Waals surface area contributed by atoms with Crippen molar-refractivity contribution in [2.24, 2.45) is 0 Å². The minimum atomic E-state index is -4.93. The van der Waals surface area contributed by atoms with Crippen molar-refractivity contribution in [1.29, 1.82) is 0 Å². The number of carbonyl (C=O) groups excluding carboxylic acids is 2. The van der Waals surface area contributed by atoms with Gasteiger partial charge in [-0.05, 0) is 60.1 Å². The maximum Gasteiger partial charge on any atom is 0.454 e. The van der Waals surface area contributed by atoms with Crippen molar-refractivity contribution in [2.75, 3.05) is 7.11 Å². The molecule has 0 saturated heterocycles. The van der Waals surface area contributed by atoms with E-state index in [9.17, 15) is 27.6 Å². The van der Waals surface area contributed by atoms with Gasteiger partial charge in [-0.2, -0.15) is 13.2 Å². The van der Waals surface area contributed by atoms with Gasteiger partial charge in [-0.3, -0.25) is 14.0 Å². The molecule has 160 valence electrons. The molecule has 2 heterocycles. The Kier molecular flexibility index (Phi) is 4.95. The lowest BCUT2D eigenvalue weighted by Crippen LogP contribution is -2.24. The maximum atomic E-state index is 12.9. The number of nitrogens with zero attached hydrogens (tertiary/aromatic N) is 1. The molecule has 0 unspecified atom stereocenters. The molecule has 0 aliphatic heterocycles. The van der Waals surface area contributed by atoms with E-state index in [1.54, 1.807) is 18.3 Å². The number of aromatic nitrogens is 1. The van der Waals surface area contributed by atoms with E-state index in [4.69, 9.17) is 4.74 Å². The Labute approximate surface area is 175 Å². The summed E-state index contributed by atoms with van der Waals surface area (Å²) >= 11 is 0. The number of fused-ring (bicyclic) bond motifs is 1. The first-order valence-electron chi connectivity index (χ1n) is 9.62. The zero-order chi connectivity index (χ0) is 22.5. The molecular weight excluding hydrogens is 411 g/mol. The lowest BCUT2D eigenvalue weighted by atomic mass is 9.95. The number of esters is 1. The standard InChI is InChI=1S/C23H18F3NO4/c1-12-16(13-5-7-15(8-6-13)20(28)23(24,25)26)9-10-27-19(12)17(14-3-4-14)11-18(21(27)29)22(30)31-2/h5-11,14H,3-4H2,1-2H3. The van der Waals surface area contributed by atoms with Crippen molar-refractivity contribution in [2.45, 2.75) is 31.9 Å². The summed E-state index contributed by atoms with van der Waals surface area (Å²) in [7, 11) is 1.22. The fourth-order valence-electron chi connectivity index (χ4n) is 3.84. The Morgan fingerprint density at radius 2 is 1.74 bits per heavy atom. The molecule has 1 saturated carbocycles. The van der Waals surface area contributed by atoms with E-state index in [0.29, 0.717) is 11.1 Å². The maximum absolute atomic E-state index is 12.9. The molecule has 0 bridgehead atoms. The van der Waals surface area contributed by atoms with Crippen LogP contribution in [0.1, 0.15) is 50.6 Å². The summed E-state index contributed by atoms with van der Waals surface area (Å²) in [6.45, 7) is 1.82. The minimum absolute atomic E-state index is 0.0379. The van der Waals surface area contributed by atoms with Crippen molar-refractivity contribution >= 4 is 17.3 Å². The number of hydrogen-bond donors (Lipinski definition) is 0. The highest BCUT2D eigenvalue weighted by Crippen LogP contribution is 2.43. The van der Waals surface area contributed by atoms with Gasteiger partial charge in [-0.15, -0.1) is 0 Å². The van der Waals surface area contributed by atoms with Crippen LogP contribution in [-0.4, -0.2) is 29.4 Å². The highest BCUT2D eigenvalue weighted by molar-refractivity contribution is 6.00. The van der Waals surface area contributed by atoms with E-state index in [1.165, 1.54) is 23.6 Å². The zero-order valence-corrected chi connectivity index (χ0v) is 16.7. The van der Waals surface area contributed by atoms with Gasteiger partial charge >= 0.3 is 12.1 Å². The van der Waals surface area contributed by atoms with Gasteiger partial charge in [0.25, 0.3) is 11.3 Å². The number of halogens is 3. The molecule has 0 amide bonds. The molecule has 4 rings (SSSR count). The van der Waals surface area contributed by atoms with Crippen LogP contribution in [0.2, 0.25) is 0 Å². The summed E-state index contributed by atoms with van der Waals surface area (Å²) in [5.74, 6) is -2.38. The first kappa shape index (κ1) is 20.8. The third kappa shape index (κ3) is 3.62. The van der Waals surface area contributed by atoms with E-state index in [1.807, 2.05) is 6.92 Å². The molecule has 1 fully saturated rings. The predicted octanol–water partition coefficient (Wildman–Crippen LogP) is 4.68. The van der Waals surface area contributed by atoms with Gasteiger partial charge in [0.2, 0.25) is 0 Å². The summed E-state index contributed by atoms with van der Waals surface area (Å²) in [4.78, 5) is 36.3. The second-order valence-electron chi connectivity index (χ2n) is 7.56. The number of ketones is 1. The Bertz CT molecular complexity index is 1270. The third-order valence-corrected chi connectivity index (χ3v) is 5.55. The summed E-state index contributed by atoms with van der Waals surface area (Å²) in [6.07, 6.45) is -1.51. The quantitative estimate of drug-likeness (QED) is 0.446. The van der Waals surface area contributed by atoms with Crippen LogP contribution in [0.25, 0.3) is 16.6 Å². The van der Waals surface area contributed by atoms with Crippen molar-refractivity contribution < 1.29 is 27.5 Å². The molecule has 3 aromatic rings. The molecule has 1 aromatic carbocycles. The largest absolute Gasteiger partial charge is 0.465 e. The lowest BCUT2D eigenvalue weighted by molar-refractivity contribution is -0.0885. The number of aryl methyl sites for hydroxylation is 1. The van der Waals surface area contributed by atoms with E-state index >= 15 is 0 Å². The normalized spacial score (nSPS) is 14.0. The average molecular weight is 429 g/mol. The van der Waals surface area contributed by atoms with Gasteiger partial charge < -0.3 is 4.74 Å². The minimum Gasteiger partial charge on any atom is -0.465 e. The van der Waals surface area contributed by atoms with Crippen LogP contribution in [0.4, 0.5) is 13.2 Å². The topological polar surface area (TPSA) is 64.8 Å². The average Bonchev–Trinajstić information content (AvgIpc) is 3.58. The van der Waals surface area contributed by atoms with Crippen LogP contribution in [-0.2, 0) is 4.74 Å². The van der Waals surface area contributed by atoms with Gasteiger partial charge in [0, 0.05) is 11.8 Å². The fourth-order valence-corrected chi connectivity index (χ4v) is 3.84. The Hall–Kier alpha value is -3.42.